The molecule has 0 amide bonds. The number of phenols is 2. The van der Waals surface area contributed by atoms with Crippen LogP contribution in [0.25, 0.3) is 21.5 Å². The molecule has 1 aromatic heterocycles. The number of aromatic hydroxyl groups is 2. The second-order valence-corrected chi connectivity index (χ2v) is 24.1. The van der Waals surface area contributed by atoms with Crippen molar-refractivity contribution in [2.75, 3.05) is 23.0 Å². The first kappa shape index (κ1) is 56.2. The van der Waals surface area contributed by atoms with Crippen LogP contribution in [0.3, 0.4) is 0 Å². The summed E-state index contributed by atoms with van der Waals surface area (Å²) in [5.41, 5.74) is -4.42. The Balaban J connectivity index is 1.36. The van der Waals surface area contributed by atoms with Crippen LogP contribution in [0.1, 0.15) is 10.4 Å². The van der Waals surface area contributed by atoms with E-state index in [9.17, 15) is 88.8 Å². The minimum absolute atomic E-state index is 0.0334. The number of azo groups is 2. The highest BCUT2D eigenvalue weighted by Gasteiger charge is 2.29. The first-order valence-corrected chi connectivity index (χ1v) is 28.9. The minimum atomic E-state index is -5.62. The van der Waals surface area contributed by atoms with Crippen molar-refractivity contribution >= 4 is 146 Å². The topological polar surface area (TPSA) is 505 Å². The number of hydrogen-bond acceptors (Lipinski definition) is 25. The van der Waals surface area contributed by atoms with Crippen LogP contribution in [-0.4, -0.2) is 122 Å². The molecule has 7 aromatic rings. The number of sulfone groups is 1. The highest BCUT2D eigenvalue weighted by Crippen LogP contribution is 2.48. The number of anilines is 4. The van der Waals surface area contributed by atoms with Gasteiger partial charge in [-0.25, -0.2) is 17.4 Å². The highest BCUT2D eigenvalue weighted by atomic mass is 35.5. The lowest BCUT2D eigenvalue weighted by atomic mass is 10.1. The maximum absolute atomic E-state index is 12.8. The van der Waals surface area contributed by atoms with E-state index in [4.69, 9.17) is 16.2 Å². The number of aromatic nitrogens is 3. The molecule has 0 saturated heterocycles. The van der Waals surface area contributed by atoms with Gasteiger partial charge in [-0.3, -0.25) is 22.8 Å². The summed E-state index contributed by atoms with van der Waals surface area (Å²) in [6.07, 6.45) is 0. The Morgan fingerprint density at radius 1 is 0.579 bits per heavy atom. The predicted molar refractivity (Wildman–Crippen MR) is 260 cm³/mol. The number of rotatable bonds is 18. The molecule has 6 aromatic carbocycles. The third-order valence-electron chi connectivity index (χ3n) is 9.95. The summed E-state index contributed by atoms with van der Waals surface area (Å²) in [5.74, 6) is -5.48. The molecule has 0 bridgehead atoms. The van der Waals surface area contributed by atoms with Gasteiger partial charge in [-0.2, -0.15) is 57.0 Å². The van der Waals surface area contributed by atoms with Crippen LogP contribution in [-0.2, 0) is 64.9 Å². The lowest BCUT2D eigenvalue weighted by Gasteiger charge is -2.13. The molecule has 31 nitrogen and oxygen atoms in total. The number of carboxylic acid groups (broad SMARTS) is 1. The number of phenolic OH excluding ortho intramolecular Hbond substituents is 2. The second-order valence-electron chi connectivity index (χ2n) is 15.0. The fraction of sp³-hybridized carbons (Fsp3) is 0.0526. The number of para-hydroxylation sites is 1. The van der Waals surface area contributed by atoms with Gasteiger partial charge in [-0.05, 0) is 89.1 Å². The van der Waals surface area contributed by atoms with E-state index >= 15 is 0 Å². The highest BCUT2D eigenvalue weighted by molar-refractivity contribution is 7.91. The fourth-order valence-corrected chi connectivity index (χ4v) is 11.0. The average Bonchev–Trinajstić information content (AvgIpc) is 3.28. The minimum Gasteiger partial charge on any atom is -0.505 e. The molecule has 0 atom stereocenters. The van der Waals surface area contributed by atoms with E-state index in [0.717, 1.165) is 6.07 Å². The Morgan fingerprint density at radius 3 is 1.75 bits per heavy atom. The van der Waals surface area contributed by atoms with Crippen molar-refractivity contribution in [2.45, 2.75) is 24.5 Å². The van der Waals surface area contributed by atoms with Crippen LogP contribution in [0.2, 0.25) is 5.28 Å². The molecule has 1 heterocycles. The summed E-state index contributed by atoms with van der Waals surface area (Å²) < 4.78 is 201. The van der Waals surface area contributed by atoms with Crippen LogP contribution < -0.4 is 10.6 Å². The third-order valence-corrected chi connectivity index (χ3v) is 15.7. The number of nitrogens with one attached hydrogen (secondary N) is 2. The summed E-state index contributed by atoms with van der Waals surface area (Å²) >= 11 is 6.11. The number of aromatic carboxylic acids is 1. The van der Waals surface area contributed by atoms with Crippen LogP contribution >= 0.6 is 11.6 Å². The lowest BCUT2D eigenvalue weighted by molar-refractivity contribution is 0.0697. The van der Waals surface area contributed by atoms with Gasteiger partial charge in [0.05, 0.1) is 44.5 Å². The molecule has 0 aliphatic carbocycles. The molecule has 0 saturated carbocycles. The molecular weight excluding hydrogens is 1160 g/mol. The Hall–Kier alpha value is -7.53. The van der Waals surface area contributed by atoms with Gasteiger partial charge in [0.1, 0.15) is 31.7 Å². The number of nitrogens with zero attached hydrogens (tertiary/aromatic N) is 7. The van der Waals surface area contributed by atoms with Crippen molar-refractivity contribution in [3.05, 3.63) is 95.8 Å². The fourth-order valence-electron chi connectivity index (χ4n) is 6.71. The van der Waals surface area contributed by atoms with Crippen LogP contribution in [0.5, 0.6) is 11.5 Å². The van der Waals surface area contributed by atoms with Gasteiger partial charge in [-0.15, -0.1) is 20.5 Å². The van der Waals surface area contributed by atoms with Gasteiger partial charge in [0, 0.05) is 11.1 Å². The zero-order valence-corrected chi connectivity index (χ0v) is 42.4. The van der Waals surface area contributed by atoms with E-state index in [1.54, 1.807) is 0 Å². The van der Waals surface area contributed by atoms with Gasteiger partial charge in [0.2, 0.25) is 17.2 Å². The molecule has 76 heavy (non-hydrogen) atoms. The summed E-state index contributed by atoms with van der Waals surface area (Å²) in [5, 5.41) is 50.3. The van der Waals surface area contributed by atoms with Crippen LogP contribution in [0, 0.1) is 0 Å². The Kier molecular flexibility index (Phi) is 15.2. The molecule has 7 rings (SSSR count). The van der Waals surface area contributed by atoms with Crippen molar-refractivity contribution in [3.8, 4) is 11.5 Å². The summed E-state index contributed by atoms with van der Waals surface area (Å²) in [6, 6.07) is 13.1. The summed E-state index contributed by atoms with van der Waals surface area (Å²) in [4.78, 5) is 17.8. The van der Waals surface area contributed by atoms with Gasteiger partial charge in [0.25, 0.3) is 40.5 Å². The van der Waals surface area contributed by atoms with Crippen molar-refractivity contribution in [3.63, 3.8) is 0 Å². The second kappa shape index (κ2) is 20.5. The summed E-state index contributed by atoms with van der Waals surface area (Å²) in [7, 11) is -31.6. The number of hydrogen-bond donors (Lipinski definition) is 10. The SMILES string of the molecule is O=C(O)c1ccccc1Nc1nc(Cl)nc(Nc2ccc3cc(S(=O)(=O)O)c(/N=N/c4cc(S(=O)(=O)O)cc5cc(S(=O)(=O)O)c(N=Nc6ccc(S(=O)(=O)CCOS(=O)(=O)O)cc6S(=O)(=O)O)c(O)c45)c(O)c3c2)n1. The predicted octanol–water partition coefficient (Wildman–Crippen LogP) is 5.84. The molecule has 0 radical (unpaired) electrons. The van der Waals surface area contributed by atoms with Gasteiger partial charge in [-0.1, -0.05) is 18.2 Å². The van der Waals surface area contributed by atoms with Crippen molar-refractivity contribution in [2.24, 2.45) is 20.5 Å². The van der Waals surface area contributed by atoms with Gasteiger partial charge in [0.15, 0.2) is 21.3 Å². The Labute approximate surface area is 431 Å². The van der Waals surface area contributed by atoms with Gasteiger partial charge < -0.3 is 26.0 Å². The molecular formula is C38H28ClN9O22S6. The average molecular weight is 1190 g/mol. The van der Waals surface area contributed by atoms with E-state index in [-0.39, 0.29) is 39.6 Å². The number of carbonyl (C=O) groups is 1. The number of halogens is 1. The van der Waals surface area contributed by atoms with Crippen molar-refractivity contribution < 1.29 is 97.6 Å². The maximum atomic E-state index is 12.8. The van der Waals surface area contributed by atoms with Crippen LogP contribution in [0.15, 0.2) is 130 Å². The monoisotopic (exact) mass is 1190 g/mol. The smallest absolute Gasteiger partial charge is 0.397 e. The number of fused-ring (bicyclic) bond motifs is 2. The Morgan fingerprint density at radius 2 is 1.16 bits per heavy atom. The molecule has 38 heteroatoms. The third kappa shape index (κ3) is 12.8. The lowest BCUT2D eigenvalue weighted by Crippen LogP contribution is -2.16. The molecule has 0 fully saturated rings. The standard InChI is InChI=1S/C38H28ClN9O22S6/c39-36-42-37(44-38(43-36)41-24-4-2-1-3-22(24)35(51)52)40-19-6-5-17-12-28(74(61,62)63)31(33(49)23(17)14-19)47-46-26-15-21(72(55,56)57)11-18-13-29(75(64,65)66)32(34(50)30(18)26)48-45-25-8-7-20(16-27(25)73(58,59)60)71(53,54)10-9-70-76(67,68)69/h1-8,11-16,49-50H,9-10H2,(H,51,52)(H,55,56,57)(H,58,59,60)(H,61,62,63)(H,64,65,66)(H,67,68,69)(H2,40,41,42,43,44)/b47-46+,48-45?. The van der Waals surface area contributed by atoms with Crippen molar-refractivity contribution in [1.29, 1.82) is 0 Å². The van der Waals surface area contributed by atoms with Crippen LogP contribution in [0.4, 0.5) is 46.0 Å². The molecule has 400 valence electrons. The molecule has 0 unspecified atom stereocenters. The number of benzene rings is 6. The largest absolute Gasteiger partial charge is 0.505 e. The first-order valence-electron chi connectivity index (χ1n) is 19.7. The maximum Gasteiger partial charge on any atom is 0.397 e. The van der Waals surface area contributed by atoms with E-state index in [0.29, 0.717) is 36.4 Å². The van der Waals surface area contributed by atoms with E-state index in [1.807, 2.05) is 0 Å². The summed E-state index contributed by atoms with van der Waals surface area (Å²) in [6.45, 7) is -1.17. The quantitative estimate of drug-likeness (QED) is 0.0356. The molecule has 0 spiro atoms. The van der Waals surface area contributed by atoms with Gasteiger partial charge >= 0.3 is 16.4 Å². The first-order chi connectivity index (χ1) is 35.1. The zero-order valence-electron chi connectivity index (χ0n) is 36.7. The van der Waals surface area contributed by atoms with E-state index in [1.165, 1.54) is 42.5 Å². The van der Waals surface area contributed by atoms with Crippen molar-refractivity contribution in [1.82, 2.24) is 15.0 Å². The Bertz CT molecular complexity index is 4400. The molecule has 0 aliphatic rings. The van der Waals surface area contributed by atoms with E-state index in [2.05, 4.69) is 50.2 Å². The molecule has 0 aliphatic heterocycles. The molecule has 10 N–H and O–H groups in total. The van der Waals surface area contributed by atoms with E-state index < -0.39 is 154 Å². The zero-order chi connectivity index (χ0) is 56.1. The normalized spacial score (nSPS) is 13.0. The number of carboxylic acids is 1.